The number of nitrogens with two attached hydrogens (primary N) is 1. The van der Waals surface area contributed by atoms with Gasteiger partial charge >= 0.3 is 0 Å². The first-order chi connectivity index (χ1) is 9.02. The Bertz CT molecular complexity index is 539. The second kappa shape index (κ2) is 5.84. The highest BCUT2D eigenvalue weighted by molar-refractivity contribution is 6.29. The quantitative estimate of drug-likeness (QED) is 0.845. The first-order valence-electron chi connectivity index (χ1n) is 5.84. The van der Waals surface area contributed by atoms with E-state index >= 15 is 0 Å². The van der Waals surface area contributed by atoms with Gasteiger partial charge in [0.25, 0.3) is 0 Å². The molecule has 0 amide bonds. The Balaban J connectivity index is 2.00. The molecule has 0 saturated heterocycles. The second-order valence-electron chi connectivity index (χ2n) is 4.31. The molecule has 19 heavy (non-hydrogen) atoms. The second-order valence-corrected chi connectivity index (χ2v) is 4.70. The molecule has 1 heterocycles. The van der Waals surface area contributed by atoms with Gasteiger partial charge in [-0.15, -0.1) is 0 Å². The van der Waals surface area contributed by atoms with Crippen molar-refractivity contribution in [3.63, 3.8) is 0 Å². The van der Waals surface area contributed by atoms with E-state index in [2.05, 4.69) is 15.3 Å². The summed E-state index contributed by atoms with van der Waals surface area (Å²) >= 11 is 5.80. The van der Waals surface area contributed by atoms with E-state index in [1.807, 2.05) is 6.92 Å². The minimum atomic E-state index is -0.236. The molecule has 1 atom stereocenters. The van der Waals surface area contributed by atoms with E-state index < -0.39 is 0 Å². The van der Waals surface area contributed by atoms with Crippen LogP contribution in [0.5, 0.6) is 0 Å². The van der Waals surface area contributed by atoms with Crippen LogP contribution in [0.3, 0.4) is 0 Å². The van der Waals surface area contributed by atoms with Crippen molar-refractivity contribution in [1.82, 2.24) is 9.97 Å². The van der Waals surface area contributed by atoms with Crippen LogP contribution in [0.2, 0.25) is 5.15 Å². The number of nitrogens with zero attached hydrogens (tertiary/aromatic N) is 2. The van der Waals surface area contributed by atoms with Crippen LogP contribution in [-0.4, -0.2) is 16.0 Å². The van der Waals surface area contributed by atoms with Gasteiger partial charge in [-0.25, -0.2) is 9.37 Å². The minimum absolute atomic E-state index is 0.107. The van der Waals surface area contributed by atoms with Gasteiger partial charge < -0.3 is 11.1 Å². The zero-order valence-electron chi connectivity index (χ0n) is 10.4. The largest absolute Gasteiger partial charge is 0.368 e. The predicted molar refractivity (Wildman–Crippen MR) is 74.6 cm³/mol. The molecule has 0 radical (unpaired) electrons. The van der Waals surface area contributed by atoms with Gasteiger partial charge in [0.2, 0.25) is 5.95 Å². The third kappa shape index (κ3) is 4.06. The topological polar surface area (TPSA) is 63.8 Å². The van der Waals surface area contributed by atoms with Crippen molar-refractivity contribution in [3.8, 4) is 0 Å². The van der Waals surface area contributed by atoms with Crippen LogP contribution in [0.15, 0.2) is 30.3 Å². The fraction of sp³-hybridized carbons (Fsp3) is 0.231. The molecule has 0 aliphatic carbocycles. The standard InChI is InChI=1S/C13H14ClFN4/c1-8(6-9-2-4-10(15)5-3-9)17-12-7-11(14)18-13(16)19-12/h2-5,7-8H,6H2,1H3,(H3,16,17,18,19). The molecule has 1 unspecified atom stereocenters. The van der Waals surface area contributed by atoms with Crippen LogP contribution in [0.4, 0.5) is 16.2 Å². The van der Waals surface area contributed by atoms with Crippen LogP contribution in [0.25, 0.3) is 0 Å². The summed E-state index contributed by atoms with van der Waals surface area (Å²) in [6.45, 7) is 2.00. The van der Waals surface area contributed by atoms with Crippen molar-refractivity contribution in [3.05, 3.63) is 46.9 Å². The Labute approximate surface area is 115 Å². The number of nitrogen functional groups attached to an aromatic ring is 1. The lowest BCUT2D eigenvalue weighted by Crippen LogP contribution is -2.19. The summed E-state index contributed by atoms with van der Waals surface area (Å²) in [5.41, 5.74) is 6.55. The third-order valence-electron chi connectivity index (χ3n) is 2.56. The van der Waals surface area contributed by atoms with E-state index in [0.29, 0.717) is 11.0 Å². The number of rotatable bonds is 4. The van der Waals surface area contributed by atoms with E-state index in [-0.39, 0.29) is 17.8 Å². The van der Waals surface area contributed by atoms with Gasteiger partial charge in [0.05, 0.1) is 0 Å². The van der Waals surface area contributed by atoms with Crippen molar-refractivity contribution >= 4 is 23.4 Å². The lowest BCUT2D eigenvalue weighted by atomic mass is 10.1. The summed E-state index contributed by atoms with van der Waals surface area (Å²) in [6, 6.07) is 8.13. The molecule has 0 saturated carbocycles. The van der Waals surface area contributed by atoms with Gasteiger partial charge in [0, 0.05) is 12.1 Å². The maximum absolute atomic E-state index is 12.8. The molecule has 4 nitrogen and oxygen atoms in total. The van der Waals surface area contributed by atoms with Crippen LogP contribution in [0, 0.1) is 5.82 Å². The summed E-state index contributed by atoms with van der Waals surface area (Å²) in [7, 11) is 0. The van der Waals surface area contributed by atoms with Gasteiger partial charge in [-0.1, -0.05) is 23.7 Å². The number of aromatic nitrogens is 2. The monoisotopic (exact) mass is 280 g/mol. The number of anilines is 2. The maximum Gasteiger partial charge on any atom is 0.223 e. The highest BCUT2D eigenvalue weighted by atomic mass is 35.5. The lowest BCUT2D eigenvalue weighted by Gasteiger charge is -2.14. The van der Waals surface area contributed by atoms with Gasteiger partial charge in [-0.2, -0.15) is 4.98 Å². The summed E-state index contributed by atoms with van der Waals surface area (Å²) in [5.74, 6) is 0.468. The van der Waals surface area contributed by atoms with E-state index in [4.69, 9.17) is 17.3 Å². The molecule has 0 aliphatic rings. The summed E-state index contributed by atoms with van der Waals surface area (Å²) in [6.07, 6.45) is 0.738. The molecule has 0 bridgehead atoms. The summed E-state index contributed by atoms with van der Waals surface area (Å²) in [4.78, 5) is 7.83. The van der Waals surface area contributed by atoms with Gasteiger partial charge in [0.15, 0.2) is 0 Å². The molecule has 1 aromatic carbocycles. The SMILES string of the molecule is CC(Cc1ccc(F)cc1)Nc1cc(Cl)nc(N)n1. The van der Waals surface area contributed by atoms with Crippen molar-refractivity contribution in [1.29, 1.82) is 0 Å². The molecule has 3 N–H and O–H groups in total. The highest BCUT2D eigenvalue weighted by Gasteiger charge is 2.06. The average Bonchev–Trinajstić information content (AvgIpc) is 2.30. The van der Waals surface area contributed by atoms with Crippen molar-refractivity contribution in [2.45, 2.75) is 19.4 Å². The normalized spacial score (nSPS) is 12.2. The number of benzene rings is 1. The van der Waals surface area contributed by atoms with Crippen molar-refractivity contribution < 1.29 is 4.39 Å². The molecule has 0 spiro atoms. The number of nitrogens with one attached hydrogen (secondary N) is 1. The summed E-state index contributed by atoms with van der Waals surface area (Å²) < 4.78 is 12.8. The maximum atomic E-state index is 12.8. The number of halogens is 2. The highest BCUT2D eigenvalue weighted by Crippen LogP contribution is 2.15. The Hall–Kier alpha value is -1.88. The third-order valence-corrected chi connectivity index (χ3v) is 2.76. The van der Waals surface area contributed by atoms with E-state index in [1.165, 1.54) is 12.1 Å². The van der Waals surface area contributed by atoms with Gasteiger partial charge in [0.1, 0.15) is 16.8 Å². The Morgan fingerprint density at radius 2 is 2.00 bits per heavy atom. The van der Waals surface area contributed by atoms with Crippen LogP contribution >= 0.6 is 11.6 Å². The van der Waals surface area contributed by atoms with Crippen molar-refractivity contribution in [2.24, 2.45) is 0 Å². The fourth-order valence-corrected chi connectivity index (χ4v) is 1.98. The fourth-order valence-electron chi connectivity index (χ4n) is 1.79. The van der Waals surface area contributed by atoms with Gasteiger partial charge in [-0.3, -0.25) is 0 Å². The number of hydrogen-bond acceptors (Lipinski definition) is 4. The lowest BCUT2D eigenvalue weighted by molar-refractivity contribution is 0.626. The Morgan fingerprint density at radius 1 is 1.32 bits per heavy atom. The molecular formula is C13H14ClFN4. The molecule has 0 aliphatic heterocycles. The van der Waals surface area contributed by atoms with Gasteiger partial charge in [-0.05, 0) is 31.0 Å². The molecule has 2 aromatic rings. The minimum Gasteiger partial charge on any atom is -0.368 e. The molecule has 6 heteroatoms. The zero-order valence-corrected chi connectivity index (χ0v) is 11.2. The van der Waals surface area contributed by atoms with Crippen LogP contribution in [-0.2, 0) is 6.42 Å². The van der Waals surface area contributed by atoms with Crippen LogP contribution in [0.1, 0.15) is 12.5 Å². The number of hydrogen-bond donors (Lipinski definition) is 2. The van der Waals surface area contributed by atoms with Crippen molar-refractivity contribution in [2.75, 3.05) is 11.1 Å². The Kier molecular flexibility index (Phi) is 4.16. The zero-order chi connectivity index (χ0) is 13.8. The molecule has 2 rings (SSSR count). The van der Waals surface area contributed by atoms with E-state index in [1.54, 1.807) is 18.2 Å². The van der Waals surface area contributed by atoms with E-state index in [9.17, 15) is 4.39 Å². The molecule has 0 fully saturated rings. The molecule has 100 valence electrons. The van der Waals surface area contributed by atoms with E-state index in [0.717, 1.165) is 12.0 Å². The summed E-state index contributed by atoms with van der Waals surface area (Å²) in [5, 5.41) is 3.47. The predicted octanol–water partition coefficient (Wildman–Crippen LogP) is 2.89. The first-order valence-corrected chi connectivity index (χ1v) is 6.22. The average molecular weight is 281 g/mol. The first kappa shape index (κ1) is 13.5. The Morgan fingerprint density at radius 3 is 2.63 bits per heavy atom. The smallest absolute Gasteiger partial charge is 0.223 e. The molecule has 1 aromatic heterocycles. The van der Waals surface area contributed by atoms with Crippen LogP contribution < -0.4 is 11.1 Å². The molecular weight excluding hydrogens is 267 g/mol.